The molecule has 0 radical (unpaired) electrons. The predicted molar refractivity (Wildman–Crippen MR) is 165 cm³/mol. The number of likely N-dealkylation sites (tertiary alicyclic amines) is 1. The molecule has 43 heavy (non-hydrogen) atoms. The second kappa shape index (κ2) is 12.6. The zero-order valence-electron chi connectivity index (χ0n) is 24.5. The van der Waals surface area contributed by atoms with Crippen molar-refractivity contribution in [1.82, 2.24) is 15.1 Å². The van der Waals surface area contributed by atoms with Crippen LogP contribution in [0.2, 0.25) is 0 Å². The Morgan fingerprint density at radius 1 is 0.884 bits per heavy atom. The van der Waals surface area contributed by atoms with E-state index in [1.54, 1.807) is 23.1 Å². The quantitative estimate of drug-likeness (QED) is 0.389. The fourth-order valence-electron chi connectivity index (χ4n) is 6.81. The van der Waals surface area contributed by atoms with Crippen molar-refractivity contribution in [3.8, 4) is 0 Å². The van der Waals surface area contributed by atoms with Gasteiger partial charge in [-0.1, -0.05) is 84.8 Å². The normalized spacial score (nSPS) is 24.2. The van der Waals surface area contributed by atoms with Gasteiger partial charge in [-0.15, -0.1) is 0 Å². The Balaban J connectivity index is 1.54. The van der Waals surface area contributed by atoms with E-state index in [1.165, 1.54) is 12.1 Å². The highest BCUT2D eigenvalue weighted by molar-refractivity contribution is 6.02. The van der Waals surface area contributed by atoms with Gasteiger partial charge < -0.3 is 15.1 Å². The van der Waals surface area contributed by atoms with Gasteiger partial charge in [0.1, 0.15) is 11.9 Å². The molecular weight excluding hydrogens is 541 g/mol. The Hall–Kier alpha value is -4.10. The SMILES string of the molecule is Cc1cccc(C(=O)C2C(c3ccc(F)cc3)C(C(=O)N3CCNCC3)N(C(=O)C3CCC3)C2C=Cc2ccccc2)c1. The standard InChI is InChI=1S/C36H38FN3O3/c1-24-7-5-12-28(23-24)34(41)32-30(18-13-25-8-3-2-4-9-25)40(35(42)27-10-6-11-27)33(36(43)39-21-19-38-20-22-39)31(32)26-14-16-29(37)17-15-26/h2-5,7-9,12-18,23,27,30-33,38H,6,10-11,19-22H2,1H3. The van der Waals surface area contributed by atoms with Gasteiger partial charge in [0.15, 0.2) is 5.78 Å². The lowest BCUT2D eigenvalue weighted by atomic mass is 9.77. The molecule has 3 aromatic carbocycles. The summed E-state index contributed by atoms with van der Waals surface area (Å²) in [6, 6.07) is 21.8. The fourth-order valence-corrected chi connectivity index (χ4v) is 6.81. The van der Waals surface area contributed by atoms with Gasteiger partial charge in [-0.2, -0.15) is 0 Å². The van der Waals surface area contributed by atoms with Crippen molar-refractivity contribution in [3.63, 3.8) is 0 Å². The monoisotopic (exact) mass is 579 g/mol. The van der Waals surface area contributed by atoms with Gasteiger partial charge in [0.05, 0.1) is 12.0 Å². The van der Waals surface area contributed by atoms with Crippen LogP contribution in [0.3, 0.4) is 0 Å². The van der Waals surface area contributed by atoms with Crippen LogP contribution in [0.25, 0.3) is 6.08 Å². The van der Waals surface area contributed by atoms with Crippen LogP contribution in [0.1, 0.15) is 52.2 Å². The van der Waals surface area contributed by atoms with Crippen molar-refractivity contribution in [1.29, 1.82) is 0 Å². The summed E-state index contributed by atoms with van der Waals surface area (Å²) in [5.74, 6) is -2.31. The number of amides is 2. The molecule has 1 aliphatic carbocycles. The van der Waals surface area contributed by atoms with E-state index < -0.39 is 29.7 Å². The van der Waals surface area contributed by atoms with Crippen LogP contribution >= 0.6 is 0 Å². The average molecular weight is 580 g/mol. The highest BCUT2D eigenvalue weighted by atomic mass is 19.1. The lowest BCUT2D eigenvalue weighted by molar-refractivity contribution is -0.149. The third-order valence-corrected chi connectivity index (χ3v) is 9.25. The van der Waals surface area contributed by atoms with Crippen LogP contribution in [0, 0.1) is 24.6 Å². The second-order valence-corrected chi connectivity index (χ2v) is 12.0. The number of carbonyl (C=O) groups is 3. The van der Waals surface area contributed by atoms with Crippen LogP contribution < -0.4 is 5.32 Å². The van der Waals surface area contributed by atoms with E-state index in [4.69, 9.17) is 0 Å². The molecule has 3 fully saturated rings. The van der Waals surface area contributed by atoms with E-state index in [1.807, 2.05) is 72.5 Å². The maximum absolute atomic E-state index is 14.7. The molecule has 222 valence electrons. The maximum atomic E-state index is 14.7. The highest BCUT2D eigenvalue weighted by Gasteiger charge is 2.57. The zero-order chi connectivity index (χ0) is 29.9. The number of ketones is 1. The Bertz CT molecular complexity index is 1500. The summed E-state index contributed by atoms with van der Waals surface area (Å²) in [6.07, 6.45) is 6.40. The third-order valence-electron chi connectivity index (χ3n) is 9.25. The first-order valence-corrected chi connectivity index (χ1v) is 15.3. The number of benzene rings is 3. The summed E-state index contributed by atoms with van der Waals surface area (Å²) in [6.45, 7) is 4.33. The smallest absolute Gasteiger partial charge is 0.246 e. The van der Waals surface area contributed by atoms with E-state index in [-0.39, 0.29) is 23.5 Å². The van der Waals surface area contributed by atoms with Gasteiger partial charge in [0.25, 0.3) is 0 Å². The van der Waals surface area contributed by atoms with Crippen LogP contribution in [-0.2, 0) is 9.59 Å². The van der Waals surface area contributed by atoms with Crippen molar-refractivity contribution in [2.45, 2.75) is 44.2 Å². The average Bonchev–Trinajstić information content (AvgIpc) is 3.34. The summed E-state index contributed by atoms with van der Waals surface area (Å²) in [4.78, 5) is 47.2. The van der Waals surface area contributed by atoms with Crippen molar-refractivity contribution in [2.75, 3.05) is 26.2 Å². The third kappa shape index (κ3) is 5.91. The van der Waals surface area contributed by atoms with Crippen LogP contribution in [-0.4, -0.2) is 65.7 Å². The summed E-state index contributed by atoms with van der Waals surface area (Å²) >= 11 is 0. The number of nitrogens with one attached hydrogen (secondary N) is 1. The van der Waals surface area contributed by atoms with Crippen LogP contribution in [0.4, 0.5) is 4.39 Å². The molecular formula is C36H38FN3O3. The predicted octanol–water partition coefficient (Wildman–Crippen LogP) is 5.24. The van der Waals surface area contributed by atoms with Gasteiger partial charge in [-0.25, -0.2) is 4.39 Å². The first kappa shape index (κ1) is 29.0. The number of halogens is 1. The second-order valence-electron chi connectivity index (χ2n) is 12.0. The number of aryl methyl sites for hydroxylation is 1. The molecule has 3 aromatic rings. The maximum Gasteiger partial charge on any atom is 0.246 e. The zero-order valence-corrected chi connectivity index (χ0v) is 24.5. The Labute approximate surface area is 252 Å². The number of nitrogens with zero attached hydrogens (tertiary/aromatic N) is 2. The summed E-state index contributed by atoms with van der Waals surface area (Å²) in [5, 5.41) is 3.30. The molecule has 6 nitrogen and oxygen atoms in total. The van der Waals surface area contributed by atoms with Gasteiger partial charge in [-0.05, 0) is 49.1 Å². The molecule has 1 N–H and O–H groups in total. The Morgan fingerprint density at radius 2 is 1.60 bits per heavy atom. The number of piperazine rings is 1. The van der Waals surface area contributed by atoms with Crippen LogP contribution in [0.5, 0.6) is 0 Å². The first-order chi connectivity index (χ1) is 20.9. The molecule has 0 aromatic heterocycles. The minimum atomic E-state index is -0.888. The fraction of sp³-hybridized carbons (Fsp3) is 0.361. The number of hydrogen-bond donors (Lipinski definition) is 1. The molecule has 7 heteroatoms. The molecule has 6 rings (SSSR count). The topological polar surface area (TPSA) is 69.7 Å². The van der Waals surface area contributed by atoms with Crippen molar-refractivity contribution in [2.24, 2.45) is 11.8 Å². The van der Waals surface area contributed by atoms with Crippen molar-refractivity contribution < 1.29 is 18.8 Å². The number of carbonyl (C=O) groups excluding carboxylic acids is 3. The van der Waals surface area contributed by atoms with Gasteiger partial charge in [0.2, 0.25) is 11.8 Å². The van der Waals surface area contributed by atoms with E-state index >= 15 is 0 Å². The van der Waals surface area contributed by atoms with Crippen molar-refractivity contribution >= 4 is 23.7 Å². The number of rotatable bonds is 7. The molecule has 2 amide bonds. The summed E-state index contributed by atoms with van der Waals surface area (Å²) < 4.78 is 14.2. The largest absolute Gasteiger partial charge is 0.338 e. The molecule has 1 saturated carbocycles. The molecule has 2 saturated heterocycles. The lowest BCUT2D eigenvalue weighted by Crippen LogP contribution is -2.56. The molecule has 3 aliphatic rings. The molecule has 2 heterocycles. The molecule has 0 bridgehead atoms. The minimum Gasteiger partial charge on any atom is -0.338 e. The Morgan fingerprint density at radius 3 is 2.26 bits per heavy atom. The van der Waals surface area contributed by atoms with Gasteiger partial charge in [-0.3, -0.25) is 14.4 Å². The molecule has 2 aliphatic heterocycles. The number of Topliss-reactive ketones (excluding diaryl/α,β-unsaturated/α-hetero) is 1. The van der Waals surface area contributed by atoms with E-state index in [0.29, 0.717) is 37.3 Å². The number of hydrogen-bond acceptors (Lipinski definition) is 4. The molecule has 4 unspecified atom stereocenters. The Kier molecular flexibility index (Phi) is 8.52. The summed E-state index contributed by atoms with van der Waals surface area (Å²) in [7, 11) is 0. The van der Waals surface area contributed by atoms with E-state index in [2.05, 4.69) is 5.32 Å². The molecule has 4 atom stereocenters. The first-order valence-electron chi connectivity index (χ1n) is 15.3. The van der Waals surface area contributed by atoms with E-state index in [0.717, 1.165) is 30.4 Å². The lowest BCUT2D eigenvalue weighted by Gasteiger charge is -2.38. The summed E-state index contributed by atoms with van der Waals surface area (Å²) in [5.41, 5.74) is 3.12. The van der Waals surface area contributed by atoms with E-state index in [9.17, 15) is 18.8 Å². The molecule has 0 spiro atoms. The minimum absolute atomic E-state index is 0.0749. The van der Waals surface area contributed by atoms with Crippen LogP contribution in [0.15, 0.2) is 84.9 Å². The van der Waals surface area contributed by atoms with Crippen molar-refractivity contribution in [3.05, 3.63) is 113 Å². The van der Waals surface area contributed by atoms with Gasteiger partial charge in [0, 0.05) is 43.6 Å². The van der Waals surface area contributed by atoms with Gasteiger partial charge >= 0.3 is 0 Å². The highest BCUT2D eigenvalue weighted by Crippen LogP contribution is 2.47.